The normalized spacial score (nSPS) is 31.3. The van der Waals surface area contributed by atoms with Gasteiger partial charge in [0.25, 0.3) is 0 Å². The second kappa shape index (κ2) is 2.28. The molecule has 0 radical (unpaired) electrons. The van der Waals surface area contributed by atoms with Crippen LogP contribution in [0.25, 0.3) is 0 Å². The minimum absolute atomic E-state index is 0.750. The lowest BCUT2D eigenvalue weighted by molar-refractivity contribution is -0.629. The van der Waals surface area contributed by atoms with Crippen LogP contribution in [-0.4, -0.2) is 19.1 Å². The van der Waals surface area contributed by atoms with Crippen LogP contribution in [0.1, 0.15) is 6.42 Å². The zero-order chi connectivity index (χ0) is 5.11. The smallest absolute Gasteiger partial charge is 0.0759 e. The van der Waals surface area contributed by atoms with Crippen molar-refractivity contribution in [1.29, 1.82) is 0 Å². The number of hydrogen-bond donors (Lipinski definition) is 2. The molecular formula is C5H12N2. The average Bonchev–Trinajstić information content (AvgIpc) is 2.14. The first-order valence-corrected chi connectivity index (χ1v) is 2.77. The highest BCUT2D eigenvalue weighted by molar-refractivity contribution is 4.67. The molecule has 0 spiro atoms. The summed E-state index contributed by atoms with van der Waals surface area (Å²) in [5.74, 6) is 0. The molecule has 0 unspecified atom stereocenters. The monoisotopic (exact) mass is 100 g/mol. The molecule has 42 valence electrons. The van der Waals surface area contributed by atoms with Gasteiger partial charge in [-0.15, -0.1) is 0 Å². The summed E-state index contributed by atoms with van der Waals surface area (Å²) >= 11 is 0. The second-order valence-electron chi connectivity index (χ2n) is 1.99. The molecule has 1 heterocycles. The predicted octanol–water partition coefficient (Wildman–Crippen LogP) is -1.30. The van der Waals surface area contributed by atoms with Gasteiger partial charge in [0, 0.05) is 19.5 Å². The summed E-state index contributed by atoms with van der Waals surface area (Å²) in [6.07, 6.45) is 1.28. The number of quaternary nitrogens is 1. The molecule has 3 N–H and O–H groups in total. The minimum atomic E-state index is 0.750. The van der Waals surface area contributed by atoms with E-state index < -0.39 is 0 Å². The van der Waals surface area contributed by atoms with Crippen molar-refractivity contribution in [2.75, 3.05) is 13.1 Å². The Labute approximate surface area is 44.3 Å². The molecule has 0 aromatic carbocycles. The maximum atomic E-state index is 3.70. The van der Waals surface area contributed by atoms with Gasteiger partial charge < -0.3 is 10.6 Å². The summed E-state index contributed by atoms with van der Waals surface area (Å²) in [6, 6.07) is 0.750. The van der Waals surface area contributed by atoms with Crippen molar-refractivity contribution >= 4 is 0 Å². The molecule has 7 heavy (non-hydrogen) atoms. The maximum absolute atomic E-state index is 3.70. The van der Waals surface area contributed by atoms with Crippen molar-refractivity contribution in [2.45, 2.75) is 12.5 Å². The first kappa shape index (κ1) is 5.06. The molecule has 0 aromatic rings. The first-order chi connectivity index (χ1) is 3.43. The van der Waals surface area contributed by atoms with E-state index in [1.807, 2.05) is 5.32 Å². The fourth-order valence-electron chi connectivity index (χ4n) is 0.878. The third-order valence-electron chi connectivity index (χ3n) is 1.43. The maximum Gasteiger partial charge on any atom is 0.0759 e. The van der Waals surface area contributed by atoms with Gasteiger partial charge in [0.05, 0.1) is 6.04 Å². The van der Waals surface area contributed by atoms with Gasteiger partial charge in [-0.2, -0.15) is 7.05 Å². The highest BCUT2D eigenvalue weighted by Gasteiger charge is 2.11. The second-order valence-corrected chi connectivity index (χ2v) is 1.99. The molecule has 2 heteroatoms. The van der Waals surface area contributed by atoms with E-state index in [0.29, 0.717) is 0 Å². The van der Waals surface area contributed by atoms with E-state index in [9.17, 15) is 0 Å². The van der Waals surface area contributed by atoms with Crippen molar-refractivity contribution in [3.63, 3.8) is 0 Å². The van der Waals surface area contributed by atoms with Gasteiger partial charge in [0.15, 0.2) is 0 Å². The molecule has 0 bridgehead atoms. The summed E-state index contributed by atoms with van der Waals surface area (Å²) in [4.78, 5) is 0. The van der Waals surface area contributed by atoms with Crippen LogP contribution >= 0.6 is 0 Å². The average molecular weight is 100 g/mol. The predicted molar refractivity (Wildman–Crippen MR) is 28.6 cm³/mol. The van der Waals surface area contributed by atoms with Crippen LogP contribution in [0.15, 0.2) is 0 Å². The Bertz CT molecular complexity index is 48.0. The van der Waals surface area contributed by atoms with Crippen LogP contribution in [0.2, 0.25) is 0 Å². The van der Waals surface area contributed by atoms with Crippen LogP contribution in [0, 0.1) is 7.05 Å². The van der Waals surface area contributed by atoms with E-state index >= 15 is 0 Å². The lowest BCUT2D eigenvalue weighted by Crippen LogP contribution is -2.84. The third kappa shape index (κ3) is 1.14. The number of hydrogen-bond acceptors (Lipinski definition) is 1. The van der Waals surface area contributed by atoms with E-state index in [-0.39, 0.29) is 0 Å². The Balaban J connectivity index is 2.14. The Morgan fingerprint density at radius 3 is 2.86 bits per heavy atom. The van der Waals surface area contributed by atoms with Crippen molar-refractivity contribution in [1.82, 2.24) is 5.32 Å². The molecule has 2 nitrogen and oxygen atoms in total. The van der Waals surface area contributed by atoms with Crippen molar-refractivity contribution in [3.05, 3.63) is 7.05 Å². The van der Waals surface area contributed by atoms with Gasteiger partial charge in [0.2, 0.25) is 0 Å². The van der Waals surface area contributed by atoms with Gasteiger partial charge in [-0.3, -0.25) is 0 Å². The molecule has 1 atom stereocenters. The fourth-order valence-corrected chi connectivity index (χ4v) is 0.878. The molecule has 0 amide bonds. The largest absolute Gasteiger partial charge is 0.475 e. The topological polar surface area (TPSA) is 28.6 Å². The fraction of sp³-hybridized carbons (Fsp3) is 0.800. The molecular weight excluding hydrogens is 88.1 g/mol. The molecule has 0 aromatic heterocycles. The van der Waals surface area contributed by atoms with Gasteiger partial charge in [0.1, 0.15) is 0 Å². The van der Waals surface area contributed by atoms with Crippen molar-refractivity contribution in [2.24, 2.45) is 0 Å². The lowest BCUT2D eigenvalue weighted by Gasteiger charge is -2.04. The standard InChI is InChI=1S/C5H12N2/c1-6-5-2-3-7-4-5/h5,7H,1-4,6H2/t5-/m1/s1. The number of nitrogens with one attached hydrogen (secondary N) is 1. The van der Waals surface area contributed by atoms with Gasteiger partial charge in [-0.1, -0.05) is 0 Å². The summed E-state index contributed by atoms with van der Waals surface area (Å²) in [6.45, 7) is 2.32. The van der Waals surface area contributed by atoms with Crippen LogP contribution < -0.4 is 10.6 Å². The van der Waals surface area contributed by atoms with E-state index in [2.05, 4.69) is 12.4 Å². The molecule has 1 aliphatic rings. The molecule has 1 rings (SSSR count). The Morgan fingerprint density at radius 1 is 1.71 bits per heavy atom. The lowest BCUT2D eigenvalue weighted by atomic mass is 10.3. The molecule has 1 aliphatic heterocycles. The van der Waals surface area contributed by atoms with Crippen LogP contribution in [0.5, 0.6) is 0 Å². The van der Waals surface area contributed by atoms with Gasteiger partial charge in [-0.05, 0) is 0 Å². The van der Waals surface area contributed by atoms with E-state index in [0.717, 1.165) is 12.6 Å². The Kier molecular flexibility index (Phi) is 1.65. The summed E-state index contributed by atoms with van der Waals surface area (Å²) < 4.78 is 0. The molecule has 1 saturated heterocycles. The van der Waals surface area contributed by atoms with Gasteiger partial charge in [-0.25, -0.2) is 0 Å². The van der Waals surface area contributed by atoms with Crippen LogP contribution in [0.3, 0.4) is 0 Å². The van der Waals surface area contributed by atoms with Crippen molar-refractivity contribution in [3.8, 4) is 0 Å². The Morgan fingerprint density at radius 2 is 2.57 bits per heavy atom. The molecule has 0 aliphatic carbocycles. The summed E-state index contributed by atoms with van der Waals surface area (Å²) in [7, 11) is 3.70. The SMILES string of the molecule is [CH2-][NH2+][C@@H]1CCNC1. The van der Waals surface area contributed by atoms with E-state index in [1.165, 1.54) is 13.0 Å². The summed E-state index contributed by atoms with van der Waals surface area (Å²) in [5.41, 5.74) is 0. The first-order valence-electron chi connectivity index (χ1n) is 2.77. The highest BCUT2D eigenvalue weighted by atomic mass is 15.0. The third-order valence-corrected chi connectivity index (χ3v) is 1.43. The van der Waals surface area contributed by atoms with E-state index in [4.69, 9.17) is 0 Å². The Hall–Kier alpha value is -0.0800. The minimum Gasteiger partial charge on any atom is -0.475 e. The van der Waals surface area contributed by atoms with Crippen LogP contribution in [0.4, 0.5) is 0 Å². The molecule has 0 saturated carbocycles. The summed E-state index contributed by atoms with van der Waals surface area (Å²) in [5, 5.41) is 5.28. The zero-order valence-electron chi connectivity index (χ0n) is 4.48. The zero-order valence-corrected chi connectivity index (χ0v) is 4.48. The van der Waals surface area contributed by atoms with Crippen LogP contribution in [-0.2, 0) is 0 Å². The quantitative estimate of drug-likeness (QED) is 0.394. The number of nitrogens with two attached hydrogens (primary N) is 1. The van der Waals surface area contributed by atoms with Gasteiger partial charge >= 0.3 is 0 Å². The van der Waals surface area contributed by atoms with Crippen molar-refractivity contribution < 1.29 is 5.32 Å². The van der Waals surface area contributed by atoms with E-state index in [1.54, 1.807) is 0 Å². The molecule has 1 fully saturated rings. The number of rotatable bonds is 1. The highest BCUT2D eigenvalue weighted by Crippen LogP contribution is 1.89.